The molecule has 8 heteroatoms. The molecule has 1 aromatic heterocycles. The van der Waals surface area contributed by atoms with E-state index in [2.05, 4.69) is 9.71 Å². The largest absolute Gasteiger partial charge is 0.384 e. The van der Waals surface area contributed by atoms with Crippen LogP contribution in [0.25, 0.3) is 0 Å². The lowest BCUT2D eigenvalue weighted by Gasteiger charge is -2.09. The number of sulfonamides is 1. The zero-order valence-electron chi connectivity index (χ0n) is 12.4. The molecule has 0 fully saturated rings. The number of anilines is 1. The Labute approximate surface area is 133 Å². The average Bonchev–Trinajstić information content (AvgIpc) is 2.53. The van der Waals surface area contributed by atoms with Crippen LogP contribution in [0.5, 0.6) is 0 Å². The number of rotatable bonds is 7. The van der Waals surface area contributed by atoms with E-state index in [1.54, 1.807) is 19.2 Å². The highest BCUT2D eigenvalue weighted by molar-refractivity contribution is 7.92. The van der Waals surface area contributed by atoms with Crippen LogP contribution in [-0.2, 0) is 21.2 Å². The van der Waals surface area contributed by atoms with Crippen molar-refractivity contribution in [3.8, 4) is 0 Å². The highest BCUT2D eigenvalue weighted by Gasteiger charge is 2.16. The molecule has 0 aliphatic carbocycles. The molecule has 0 saturated heterocycles. The highest BCUT2D eigenvalue weighted by atomic mass is 32.2. The van der Waals surface area contributed by atoms with Gasteiger partial charge in [-0.25, -0.2) is 22.2 Å². The predicted molar refractivity (Wildman–Crippen MR) is 82.0 cm³/mol. The molecule has 1 heterocycles. The van der Waals surface area contributed by atoms with Gasteiger partial charge >= 0.3 is 0 Å². The van der Waals surface area contributed by atoms with Crippen LogP contribution in [0.3, 0.4) is 0 Å². The SMILES string of the molecule is COCCc1ccnc(NS(=O)(=O)c2ccc(C(F)F)cc2)c1. The molecule has 0 bridgehead atoms. The van der Waals surface area contributed by atoms with Gasteiger partial charge in [0.1, 0.15) is 5.82 Å². The summed E-state index contributed by atoms with van der Waals surface area (Å²) in [7, 11) is -2.30. The lowest BCUT2D eigenvalue weighted by Crippen LogP contribution is -2.14. The number of pyridine rings is 1. The fourth-order valence-electron chi connectivity index (χ4n) is 1.89. The molecule has 2 rings (SSSR count). The number of benzene rings is 1. The van der Waals surface area contributed by atoms with E-state index >= 15 is 0 Å². The average molecular weight is 342 g/mol. The number of hydrogen-bond donors (Lipinski definition) is 1. The van der Waals surface area contributed by atoms with Gasteiger partial charge in [-0.15, -0.1) is 0 Å². The van der Waals surface area contributed by atoms with Crippen LogP contribution in [0.15, 0.2) is 47.5 Å². The van der Waals surface area contributed by atoms with Crippen molar-refractivity contribution in [3.63, 3.8) is 0 Å². The van der Waals surface area contributed by atoms with Crippen LogP contribution in [0.2, 0.25) is 0 Å². The van der Waals surface area contributed by atoms with E-state index in [4.69, 9.17) is 4.74 Å². The molecule has 0 spiro atoms. The van der Waals surface area contributed by atoms with Gasteiger partial charge in [-0.2, -0.15) is 0 Å². The van der Waals surface area contributed by atoms with Crippen molar-refractivity contribution in [1.82, 2.24) is 4.98 Å². The molecular formula is C15H16F2N2O3S. The smallest absolute Gasteiger partial charge is 0.263 e. The Morgan fingerprint density at radius 1 is 1.22 bits per heavy atom. The van der Waals surface area contributed by atoms with Crippen molar-refractivity contribution in [2.45, 2.75) is 17.7 Å². The summed E-state index contributed by atoms with van der Waals surface area (Å²) in [5, 5.41) is 0. The van der Waals surface area contributed by atoms with Crippen molar-refractivity contribution >= 4 is 15.8 Å². The molecule has 0 amide bonds. The quantitative estimate of drug-likeness (QED) is 0.840. The van der Waals surface area contributed by atoms with E-state index in [1.807, 2.05) is 0 Å². The maximum absolute atomic E-state index is 12.5. The second-order valence-corrected chi connectivity index (χ2v) is 6.45. The Bertz CT molecular complexity index is 750. The topological polar surface area (TPSA) is 68.3 Å². The second kappa shape index (κ2) is 7.47. The number of nitrogens with one attached hydrogen (secondary N) is 1. The standard InChI is InChI=1S/C15H16F2N2O3S/c1-22-9-7-11-6-8-18-14(10-11)19-23(20,21)13-4-2-12(3-5-13)15(16)17/h2-6,8,10,15H,7,9H2,1H3,(H,18,19). The fourth-order valence-corrected chi connectivity index (χ4v) is 2.89. The molecule has 0 aliphatic rings. The van der Waals surface area contributed by atoms with Crippen molar-refractivity contribution < 1.29 is 21.9 Å². The van der Waals surface area contributed by atoms with Gasteiger partial charge in [-0.1, -0.05) is 12.1 Å². The van der Waals surface area contributed by atoms with E-state index in [1.165, 1.54) is 6.20 Å². The van der Waals surface area contributed by atoms with E-state index in [-0.39, 0.29) is 16.3 Å². The van der Waals surface area contributed by atoms with Gasteiger partial charge in [0.05, 0.1) is 11.5 Å². The zero-order chi connectivity index (χ0) is 16.9. The van der Waals surface area contributed by atoms with E-state index in [0.717, 1.165) is 29.8 Å². The van der Waals surface area contributed by atoms with Gasteiger partial charge in [0.15, 0.2) is 0 Å². The van der Waals surface area contributed by atoms with Crippen molar-refractivity contribution in [2.75, 3.05) is 18.4 Å². The van der Waals surface area contributed by atoms with E-state index in [0.29, 0.717) is 13.0 Å². The Kier molecular flexibility index (Phi) is 5.62. The molecule has 0 saturated carbocycles. The fraction of sp³-hybridized carbons (Fsp3) is 0.267. The van der Waals surface area contributed by atoms with E-state index < -0.39 is 16.4 Å². The van der Waals surface area contributed by atoms with Crippen LogP contribution in [-0.4, -0.2) is 27.1 Å². The minimum atomic E-state index is -3.88. The summed E-state index contributed by atoms with van der Waals surface area (Å²) >= 11 is 0. The summed E-state index contributed by atoms with van der Waals surface area (Å²) in [5.41, 5.74) is 0.635. The number of alkyl halides is 2. The first-order valence-electron chi connectivity index (χ1n) is 6.77. The molecule has 0 unspecified atom stereocenters. The van der Waals surface area contributed by atoms with Gasteiger partial charge < -0.3 is 4.74 Å². The Hall–Kier alpha value is -2.06. The summed E-state index contributed by atoms with van der Waals surface area (Å²) in [6.07, 6.45) is -0.529. The Morgan fingerprint density at radius 3 is 2.52 bits per heavy atom. The normalized spacial score (nSPS) is 11.7. The summed E-state index contributed by atoms with van der Waals surface area (Å²) < 4.78 is 56.8. The molecule has 124 valence electrons. The Morgan fingerprint density at radius 2 is 1.91 bits per heavy atom. The first-order valence-corrected chi connectivity index (χ1v) is 8.25. The van der Waals surface area contributed by atoms with Crippen LogP contribution in [0.1, 0.15) is 17.6 Å². The molecule has 23 heavy (non-hydrogen) atoms. The maximum atomic E-state index is 12.5. The summed E-state index contributed by atoms with van der Waals surface area (Å²) in [6.45, 7) is 0.505. The van der Waals surface area contributed by atoms with Crippen LogP contribution in [0.4, 0.5) is 14.6 Å². The molecular weight excluding hydrogens is 326 g/mol. The van der Waals surface area contributed by atoms with Crippen molar-refractivity contribution in [1.29, 1.82) is 0 Å². The van der Waals surface area contributed by atoms with Gasteiger partial charge in [-0.05, 0) is 36.2 Å². The monoisotopic (exact) mass is 342 g/mol. The minimum Gasteiger partial charge on any atom is -0.384 e. The lowest BCUT2D eigenvalue weighted by atomic mass is 10.2. The molecule has 0 aliphatic heterocycles. The van der Waals surface area contributed by atoms with Gasteiger partial charge in [0, 0.05) is 18.9 Å². The molecule has 2 aromatic rings. The third kappa shape index (κ3) is 4.70. The van der Waals surface area contributed by atoms with Crippen molar-refractivity contribution in [2.24, 2.45) is 0 Å². The minimum absolute atomic E-state index is 0.106. The van der Waals surface area contributed by atoms with Gasteiger partial charge in [0.25, 0.3) is 16.4 Å². The molecule has 1 N–H and O–H groups in total. The summed E-state index contributed by atoms with van der Waals surface area (Å²) in [4.78, 5) is 3.85. The predicted octanol–water partition coefficient (Wildman–Crippen LogP) is 3.01. The molecule has 5 nitrogen and oxygen atoms in total. The number of nitrogens with zero attached hydrogens (tertiary/aromatic N) is 1. The van der Waals surface area contributed by atoms with E-state index in [9.17, 15) is 17.2 Å². The lowest BCUT2D eigenvalue weighted by molar-refractivity contribution is 0.151. The first kappa shape index (κ1) is 17.3. The number of halogens is 2. The molecule has 0 radical (unpaired) electrons. The second-order valence-electron chi connectivity index (χ2n) is 4.77. The van der Waals surface area contributed by atoms with Crippen LogP contribution < -0.4 is 4.72 Å². The third-order valence-electron chi connectivity index (χ3n) is 3.10. The molecule has 1 aromatic carbocycles. The van der Waals surface area contributed by atoms with Crippen LogP contribution in [0, 0.1) is 0 Å². The summed E-state index contributed by atoms with van der Waals surface area (Å²) in [5.74, 6) is 0.163. The number of aromatic nitrogens is 1. The third-order valence-corrected chi connectivity index (χ3v) is 4.47. The number of ether oxygens (including phenoxy) is 1. The number of hydrogen-bond acceptors (Lipinski definition) is 4. The molecule has 0 atom stereocenters. The maximum Gasteiger partial charge on any atom is 0.263 e. The van der Waals surface area contributed by atoms with Gasteiger partial charge in [-0.3, -0.25) is 4.72 Å². The van der Waals surface area contributed by atoms with Crippen molar-refractivity contribution in [3.05, 3.63) is 53.7 Å². The summed E-state index contributed by atoms with van der Waals surface area (Å²) in [6, 6.07) is 7.80. The van der Waals surface area contributed by atoms with Gasteiger partial charge in [0.2, 0.25) is 0 Å². The Balaban J connectivity index is 2.17. The highest BCUT2D eigenvalue weighted by Crippen LogP contribution is 2.21. The zero-order valence-corrected chi connectivity index (χ0v) is 13.2. The van der Waals surface area contributed by atoms with Crippen LogP contribution >= 0.6 is 0 Å². The first-order chi connectivity index (χ1) is 10.9. The number of methoxy groups -OCH3 is 1.